The summed E-state index contributed by atoms with van der Waals surface area (Å²) >= 11 is 5.79. The minimum atomic E-state index is -0.0489. The van der Waals surface area contributed by atoms with Crippen LogP contribution in [-0.4, -0.2) is 29.9 Å². The lowest BCUT2D eigenvalue weighted by Gasteiger charge is -2.19. The summed E-state index contributed by atoms with van der Waals surface area (Å²) < 4.78 is 0. The first kappa shape index (κ1) is 13.9. The quantitative estimate of drug-likeness (QED) is 0.870. The Morgan fingerprint density at radius 2 is 2.11 bits per heavy atom. The van der Waals surface area contributed by atoms with E-state index in [0.29, 0.717) is 30.6 Å². The molecule has 0 radical (unpaired) electrons. The van der Waals surface area contributed by atoms with Gasteiger partial charge < -0.3 is 5.32 Å². The van der Waals surface area contributed by atoms with Gasteiger partial charge in [0.1, 0.15) is 0 Å². The Kier molecular flexibility index (Phi) is 4.78. The standard InChI is InChI=1S/C14H16ClN3O/c15-11-2-4-12(5-3-11)17-14(19)10-18(9-1-8-16)13-6-7-13/h2-5,13H,1,6-7,9-10H2,(H,17,19). The van der Waals surface area contributed by atoms with Gasteiger partial charge in [-0.15, -0.1) is 0 Å². The van der Waals surface area contributed by atoms with Gasteiger partial charge in [-0.05, 0) is 37.1 Å². The molecule has 1 aromatic rings. The summed E-state index contributed by atoms with van der Waals surface area (Å²) in [6, 6.07) is 9.63. The molecule has 1 fully saturated rings. The number of anilines is 1. The second-order valence-corrected chi connectivity index (χ2v) is 5.10. The molecule has 0 bridgehead atoms. The second-order valence-electron chi connectivity index (χ2n) is 4.66. The van der Waals surface area contributed by atoms with Crippen molar-refractivity contribution in [1.82, 2.24) is 4.90 Å². The van der Waals surface area contributed by atoms with E-state index in [9.17, 15) is 4.79 Å². The Morgan fingerprint density at radius 1 is 1.42 bits per heavy atom. The van der Waals surface area contributed by atoms with E-state index in [1.165, 1.54) is 0 Å². The van der Waals surface area contributed by atoms with Crippen LogP contribution in [0.3, 0.4) is 0 Å². The summed E-state index contributed by atoms with van der Waals surface area (Å²) in [5, 5.41) is 12.1. The molecule has 1 aromatic carbocycles. The van der Waals surface area contributed by atoms with E-state index in [1.807, 2.05) is 0 Å². The molecule has 2 rings (SSSR count). The lowest BCUT2D eigenvalue weighted by molar-refractivity contribution is -0.117. The molecule has 0 spiro atoms. The summed E-state index contributed by atoms with van der Waals surface area (Å²) in [6.45, 7) is 1.00. The summed E-state index contributed by atoms with van der Waals surface area (Å²) in [7, 11) is 0. The summed E-state index contributed by atoms with van der Waals surface area (Å²) in [5.41, 5.74) is 0.741. The van der Waals surface area contributed by atoms with Crippen LogP contribution in [0.25, 0.3) is 0 Å². The van der Waals surface area contributed by atoms with Crippen LogP contribution in [0.4, 0.5) is 5.69 Å². The third kappa shape index (κ3) is 4.55. The molecule has 1 amide bonds. The van der Waals surface area contributed by atoms with Gasteiger partial charge in [-0.1, -0.05) is 11.6 Å². The third-order valence-corrected chi connectivity index (χ3v) is 3.30. The molecule has 1 N–H and O–H groups in total. The highest BCUT2D eigenvalue weighted by Crippen LogP contribution is 2.26. The molecule has 1 aliphatic carbocycles. The minimum absolute atomic E-state index is 0.0489. The number of amides is 1. The van der Waals surface area contributed by atoms with Crippen LogP contribution in [0.2, 0.25) is 5.02 Å². The number of nitrogens with one attached hydrogen (secondary N) is 1. The van der Waals surface area contributed by atoms with Crippen LogP contribution in [0, 0.1) is 11.3 Å². The number of hydrogen-bond acceptors (Lipinski definition) is 3. The molecule has 0 heterocycles. The Bertz CT molecular complexity index is 476. The third-order valence-electron chi connectivity index (χ3n) is 3.05. The first-order valence-corrected chi connectivity index (χ1v) is 6.73. The van der Waals surface area contributed by atoms with Crippen LogP contribution in [0.5, 0.6) is 0 Å². The monoisotopic (exact) mass is 277 g/mol. The van der Waals surface area contributed by atoms with E-state index in [4.69, 9.17) is 16.9 Å². The number of nitrogens with zero attached hydrogens (tertiary/aromatic N) is 2. The number of rotatable bonds is 6. The van der Waals surface area contributed by atoms with E-state index >= 15 is 0 Å². The van der Waals surface area contributed by atoms with Crippen LogP contribution < -0.4 is 5.32 Å². The summed E-state index contributed by atoms with van der Waals surface area (Å²) in [4.78, 5) is 14.0. The molecule has 0 saturated heterocycles. The van der Waals surface area contributed by atoms with E-state index in [-0.39, 0.29) is 5.91 Å². The summed E-state index contributed by atoms with van der Waals surface area (Å²) in [5.74, 6) is -0.0489. The lowest BCUT2D eigenvalue weighted by atomic mass is 10.3. The van der Waals surface area contributed by atoms with Crippen molar-refractivity contribution in [3.63, 3.8) is 0 Å². The average Bonchev–Trinajstić information content (AvgIpc) is 3.21. The van der Waals surface area contributed by atoms with E-state index < -0.39 is 0 Å². The molecule has 4 nitrogen and oxygen atoms in total. The van der Waals surface area contributed by atoms with Crippen LogP contribution >= 0.6 is 11.6 Å². The largest absolute Gasteiger partial charge is 0.325 e. The Morgan fingerprint density at radius 3 is 2.68 bits per heavy atom. The molecule has 0 atom stereocenters. The Labute approximate surface area is 118 Å². The fourth-order valence-electron chi connectivity index (χ4n) is 1.94. The van der Waals surface area contributed by atoms with Crippen molar-refractivity contribution in [1.29, 1.82) is 5.26 Å². The van der Waals surface area contributed by atoms with Gasteiger partial charge in [-0.3, -0.25) is 9.69 Å². The zero-order chi connectivity index (χ0) is 13.7. The van der Waals surface area contributed by atoms with Crippen LogP contribution in [0.1, 0.15) is 19.3 Å². The van der Waals surface area contributed by atoms with Gasteiger partial charge in [0.15, 0.2) is 0 Å². The Balaban J connectivity index is 1.85. The first-order chi connectivity index (χ1) is 9.19. The van der Waals surface area contributed by atoms with Crippen molar-refractivity contribution in [2.75, 3.05) is 18.4 Å². The molecule has 19 heavy (non-hydrogen) atoms. The number of carbonyl (C=O) groups excluding carboxylic acids is 1. The van der Waals surface area contributed by atoms with Gasteiger partial charge in [-0.2, -0.15) is 5.26 Å². The zero-order valence-electron chi connectivity index (χ0n) is 10.6. The SMILES string of the molecule is N#CCCN(CC(=O)Nc1ccc(Cl)cc1)C1CC1. The molecule has 5 heteroatoms. The van der Waals surface area contributed by atoms with Gasteiger partial charge in [0.05, 0.1) is 12.6 Å². The van der Waals surface area contributed by atoms with Crippen molar-refractivity contribution in [3.8, 4) is 6.07 Å². The van der Waals surface area contributed by atoms with E-state index in [0.717, 1.165) is 18.5 Å². The fraction of sp³-hybridized carbons (Fsp3) is 0.429. The number of hydrogen-bond donors (Lipinski definition) is 1. The maximum atomic E-state index is 11.9. The molecule has 0 aliphatic heterocycles. The van der Waals surface area contributed by atoms with Crippen molar-refractivity contribution in [3.05, 3.63) is 29.3 Å². The molecular formula is C14H16ClN3O. The smallest absolute Gasteiger partial charge is 0.238 e. The van der Waals surface area contributed by atoms with E-state index in [2.05, 4.69) is 16.3 Å². The Hall–Kier alpha value is -1.57. The summed E-state index contributed by atoms with van der Waals surface area (Å²) in [6.07, 6.45) is 2.71. The number of nitriles is 1. The van der Waals surface area contributed by atoms with Gasteiger partial charge in [-0.25, -0.2) is 0 Å². The van der Waals surface area contributed by atoms with Crippen LogP contribution in [-0.2, 0) is 4.79 Å². The number of halogens is 1. The molecule has 100 valence electrons. The predicted octanol–water partition coefficient (Wildman–Crippen LogP) is 2.66. The molecule has 0 aromatic heterocycles. The van der Waals surface area contributed by atoms with Gasteiger partial charge >= 0.3 is 0 Å². The molecule has 0 unspecified atom stereocenters. The van der Waals surface area contributed by atoms with E-state index in [1.54, 1.807) is 24.3 Å². The maximum absolute atomic E-state index is 11.9. The van der Waals surface area contributed by atoms with Crippen molar-refractivity contribution in [2.45, 2.75) is 25.3 Å². The minimum Gasteiger partial charge on any atom is -0.325 e. The highest BCUT2D eigenvalue weighted by atomic mass is 35.5. The molecular weight excluding hydrogens is 262 g/mol. The highest BCUT2D eigenvalue weighted by Gasteiger charge is 2.29. The fourth-order valence-corrected chi connectivity index (χ4v) is 2.07. The average molecular weight is 278 g/mol. The normalized spacial score (nSPS) is 14.2. The van der Waals surface area contributed by atoms with Gasteiger partial charge in [0.2, 0.25) is 5.91 Å². The number of benzene rings is 1. The zero-order valence-corrected chi connectivity index (χ0v) is 11.4. The maximum Gasteiger partial charge on any atom is 0.238 e. The van der Waals surface area contributed by atoms with Crippen molar-refractivity contribution in [2.24, 2.45) is 0 Å². The second kappa shape index (κ2) is 6.55. The highest BCUT2D eigenvalue weighted by molar-refractivity contribution is 6.30. The van der Waals surface area contributed by atoms with Crippen LogP contribution in [0.15, 0.2) is 24.3 Å². The van der Waals surface area contributed by atoms with Gasteiger partial charge in [0.25, 0.3) is 0 Å². The van der Waals surface area contributed by atoms with Crippen molar-refractivity contribution >= 4 is 23.2 Å². The molecule has 1 saturated carbocycles. The van der Waals surface area contributed by atoms with Gasteiger partial charge in [0, 0.05) is 29.7 Å². The first-order valence-electron chi connectivity index (χ1n) is 6.35. The topological polar surface area (TPSA) is 56.1 Å². The predicted molar refractivity (Wildman–Crippen MR) is 74.9 cm³/mol. The number of carbonyl (C=O) groups is 1. The van der Waals surface area contributed by atoms with Crippen molar-refractivity contribution < 1.29 is 4.79 Å². The lowest BCUT2D eigenvalue weighted by Crippen LogP contribution is -2.35. The molecule has 1 aliphatic rings.